The molecule has 0 aromatic carbocycles. The van der Waals surface area contributed by atoms with Gasteiger partial charge in [-0.1, -0.05) is 27.7 Å². The van der Waals surface area contributed by atoms with Gasteiger partial charge in [-0.25, -0.2) is 0 Å². The van der Waals surface area contributed by atoms with Crippen LogP contribution in [0.15, 0.2) is 0 Å². The lowest BCUT2D eigenvalue weighted by atomic mass is 9.70. The van der Waals surface area contributed by atoms with Crippen molar-refractivity contribution in [3.63, 3.8) is 0 Å². The second kappa shape index (κ2) is 2.96. The Morgan fingerprint density at radius 2 is 2.00 bits per heavy atom. The third-order valence-corrected chi connectivity index (χ3v) is 5.24. The molecule has 2 heteroatoms. The molecule has 2 aliphatic rings. The van der Waals surface area contributed by atoms with Crippen LogP contribution in [0.25, 0.3) is 0 Å². The highest BCUT2D eigenvalue weighted by Crippen LogP contribution is 2.65. The van der Waals surface area contributed by atoms with E-state index in [2.05, 4.69) is 33.0 Å². The van der Waals surface area contributed by atoms with Gasteiger partial charge in [-0.3, -0.25) is 0 Å². The van der Waals surface area contributed by atoms with Crippen molar-refractivity contribution in [3.05, 3.63) is 0 Å². The van der Waals surface area contributed by atoms with E-state index >= 15 is 0 Å². The molecule has 4 atom stereocenters. The van der Waals surface area contributed by atoms with Crippen LogP contribution in [0.1, 0.15) is 40.5 Å². The summed E-state index contributed by atoms with van der Waals surface area (Å²) in [6, 6.07) is 0.328. The van der Waals surface area contributed by atoms with Gasteiger partial charge in [0.1, 0.15) is 0 Å². The molecule has 0 heterocycles. The van der Waals surface area contributed by atoms with Crippen molar-refractivity contribution in [2.45, 2.75) is 52.7 Å². The molecule has 2 N–H and O–H groups in total. The van der Waals surface area contributed by atoms with Gasteiger partial charge in [0.05, 0.1) is 6.10 Å². The molecule has 0 aromatic rings. The molecule has 2 saturated carbocycles. The van der Waals surface area contributed by atoms with Crippen LogP contribution < -0.4 is 5.32 Å². The lowest BCUT2D eigenvalue weighted by Crippen LogP contribution is -2.46. The summed E-state index contributed by atoms with van der Waals surface area (Å²) in [7, 11) is 0. The Kier molecular flexibility index (Phi) is 2.20. The second-order valence-electron chi connectivity index (χ2n) is 5.81. The summed E-state index contributed by atoms with van der Waals surface area (Å²) < 4.78 is 0. The highest BCUT2D eigenvalue weighted by Gasteiger charge is 2.65. The fraction of sp³-hybridized carbons (Fsp3) is 1.00. The Balaban J connectivity index is 2.29. The van der Waals surface area contributed by atoms with Crippen molar-refractivity contribution in [3.8, 4) is 0 Å². The smallest absolute Gasteiger partial charge is 0.0754 e. The summed E-state index contributed by atoms with van der Waals surface area (Å²) in [5, 5.41) is 13.8. The molecular formula is C12H23NO. The van der Waals surface area contributed by atoms with Gasteiger partial charge in [-0.2, -0.15) is 0 Å². The first-order valence-electron chi connectivity index (χ1n) is 5.86. The van der Waals surface area contributed by atoms with E-state index in [0.29, 0.717) is 17.4 Å². The number of nitrogens with one attached hydrogen (secondary N) is 1. The van der Waals surface area contributed by atoms with Gasteiger partial charge in [-0.05, 0) is 30.7 Å². The quantitative estimate of drug-likeness (QED) is 0.707. The molecule has 2 unspecified atom stereocenters. The van der Waals surface area contributed by atoms with Crippen molar-refractivity contribution in [1.82, 2.24) is 5.32 Å². The van der Waals surface area contributed by atoms with Crippen LogP contribution in [0.4, 0.5) is 0 Å². The topological polar surface area (TPSA) is 32.3 Å². The van der Waals surface area contributed by atoms with E-state index in [1.165, 1.54) is 12.8 Å². The van der Waals surface area contributed by atoms with Crippen molar-refractivity contribution >= 4 is 0 Å². The van der Waals surface area contributed by atoms with E-state index in [1.807, 2.05) is 0 Å². The van der Waals surface area contributed by atoms with Gasteiger partial charge in [-0.15, -0.1) is 0 Å². The van der Waals surface area contributed by atoms with Crippen LogP contribution in [0.3, 0.4) is 0 Å². The Morgan fingerprint density at radius 3 is 2.43 bits per heavy atom. The molecule has 14 heavy (non-hydrogen) atoms. The molecule has 2 nitrogen and oxygen atoms in total. The minimum Gasteiger partial charge on any atom is -0.391 e. The van der Waals surface area contributed by atoms with Gasteiger partial charge in [0.2, 0.25) is 0 Å². The molecule has 2 fully saturated rings. The zero-order valence-corrected chi connectivity index (χ0v) is 9.80. The number of hydrogen-bond donors (Lipinski definition) is 2. The fourth-order valence-electron chi connectivity index (χ4n) is 3.83. The van der Waals surface area contributed by atoms with E-state index in [0.717, 1.165) is 6.54 Å². The number of hydrogen-bond acceptors (Lipinski definition) is 2. The van der Waals surface area contributed by atoms with Gasteiger partial charge < -0.3 is 10.4 Å². The molecule has 82 valence electrons. The molecule has 2 aliphatic carbocycles. The Bertz CT molecular complexity index is 238. The van der Waals surface area contributed by atoms with E-state index in [4.69, 9.17) is 0 Å². The van der Waals surface area contributed by atoms with E-state index < -0.39 is 0 Å². The van der Waals surface area contributed by atoms with Crippen molar-refractivity contribution in [2.24, 2.45) is 16.7 Å². The monoisotopic (exact) mass is 197 g/mol. The Morgan fingerprint density at radius 1 is 1.36 bits per heavy atom. The molecule has 0 saturated heterocycles. The summed E-state index contributed by atoms with van der Waals surface area (Å²) in [5.41, 5.74) is 0.420. The first kappa shape index (κ1) is 10.4. The maximum absolute atomic E-state index is 10.3. The Hall–Kier alpha value is -0.0800. The Labute approximate surface area is 87.1 Å². The predicted molar refractivity (Wildman–Crippen MR) is 58.1 cm³/mol. The van der Waals surface area contributed by atoms with Gasteiger partial charge >= 0.3 is 0 Å². The average molecular weight is 197 g/mol. The maximum atomic E-state index is 10.3. The maximum Gasteiger partial charge on any atom is 0.0754 e. The summed E-state index contributed by atoms with van der Waals surface area (Å²) in [5.74, 6) is 0.655. The summed E-state index contributed by atoms with van der Waals surface area (Å²) in [4.78, 5) is 0. The first-order chi connectivity index (χ1) is 6.45. The molecule has 0 aromatic heterocycles. The predicted octanol–water partition coefficient (Wildman–Crippen LogP) is 1.78. The third-order valence-electron chi connectivity index (χ3n) is 5.24. The molecule has 2 rings (SSSR count). The minimum absolute atomic E-state index is 0.129. The van der Waals surface area contributed by atoms with Gasteiger partial charge in [0.25, 0.3) is 0 Å². The average Bonchev–Trinajstić information content (AvgIpc) is 2.41. The van der Waals surface area contributed by atoms with Gasteiger partial charge in [0, 0.05) is 11.5 Å². The van der Waals surface area contributed by atoms with Crippen LogP contribution in [0.2, 0.25) is 0 Å². The molecule has 0 amide bonds. The second-order valence-corrected chi connectivity index (χ2v) is 5.81. The van der Waals surface area contributed by atoms with Crippen LogP contribution in [-0.4, -0.2) is 23.8 Å². The summed E-state index contributed by atoms with van der Waals surface area (Å²) in [6.07, 6.45) is 2.31. The van der Waals surface area contributed by atoms with E-state index in [-0.39, 0.29) is 11.5 Å². The number of aliphatic hydroxyl groups is 1. The molecular weight excluding hydrogens is 174 g/mol. The normalized spacial score (nSPS) is 49.9. The SMILES string of the molecule is CCN[C@@H]1C2CCC(C)([C@@H]1O)C2(C)C. The van der Waals surface area contributed by atoms with E-state index in [9.17, 15) is 5.11 Å². The van der Waals surface area contributed by atoms with Crippen LogP contribution in [-0.2, 0) is 0 Å². The summed E-state index contributed by atoms with van der Waals surface area (Å²) >= 11 is 0. The lowest BCUT2D eigenvalue weighted by Gasteiger charge is -2.37. The molecule has 0 radical (unpaired) electrons. The van der Waals surface area contributed by atoms with Crippen molar-refractivity contribution < 1.29 is 5.11 Å². The van der Waals surface area contributed by atoms with Crippen molar-refractivity contribution in [1.29, 1.82) is 0 Å². The van der Waals surface area contributed by atoms with E-state index in [1.54, 1.807) is 0 Å². The van der Waals surface area contributed by atoms with Crippen molar-refractivity contribution in [2.75, 3.05) is 6.54 Å². The highest BCUT2D eigenvalue weighted by atomic mass is 16.3. The minimum atomic E-state index is -0.156. The van der Waals surface area contributed by atoms with Gasteiger partial charge in [0.15, 0.2) is 0 Å². The largest absolute Gasteiger partial charge is 0.391 e. The number of likely N-dealkylation sites (N-methyl/N-ethyl adjacent to an activating group) is 1. The number of aliphatic hydroxyl groups excluding tert-OH is 1. The number of fused-ring (bicyclic) bond motifs is 2. The lowest BCUT2D eigenvalue weighted by molar-refractivity contribution is 0.000399. The zero-order chi connectivity index (χ0) is 10.6. The first-order valence-corrected chi connectivity index (χ1v) is 5.86. The van der Waals surface area contributed by atoms with Crippen LogP contribution in [0.5, 0.6) is 0 Å². The third kappa shape index (κ3) is 0.989. The van der Waals surface area contributed by atoms with Crippen LogP contribution >= 0.6 is 0 Å². The highest BCUT2D eigenvalue weighted by molar-refractivity contribution is 5.16. The molecule has 0 spiro atoms. The van der Waals surface area contributed by atoms with Crippen LogP contribution in [0, 0.1) is 16.7 Å². The number of rotatable bonds is 2. The zero-order valence-electron chi connectivity index (χ0n) is 9.80. The fourth-order valence-corrected chi connectivity index (χ4v) is 3.83. The molecule has 2 bridgehead atoms. The standard InChI is InChI=1S/C12H23NO/c1-5-13-9-8-6-7-12(4,10(9)14)11(8,2)3/h8-10,13-14H,5-7H2,1-4H3/t8?,9-,10-,12?/m1/s1. The summed E-state index contributed by atoms with van der Waals surface area (Å²) in [6.45, 7) is 9.99. The molecule has 0 aliphatic heterocycles.